The molecule has 0 radical (unpaired) electrons. The number of unbranched alkanes of at least 4 members (excludes halogenated alkanes) is 2. The Morgan fingerprint density at radius 1 is 1.27 bits per heavy atom. The summed E-state index contributed by atoms with van der Waals surface area (Å²) in [6, 6.07) is 0. The van der Waals surface area contributed by atoms with E-state index >= 15 is 0 Å². The van der Waals surface area contributed by atoms with Crippen LogP contribution in [-0.2, 0) is 0 Å². The second-order valence-electron chi connectivity index (χ2n) is 6.44. The first-order valence-electron chi connectivity index (χ1n) is 8.63. The fourth-order valence-corrected chi connectivity index (χ4v) is 3.59. The smallest absolute Gasteiger partial charge is 0.270 e. The van der Waals surface area contributed by atoms with E-state index < -0.39 is 0 Å². The van der Waals surface area contributed by atoms with Crippen molar-refractivity contribution in [2.45, 2.75) is 58.3 Å². The number of likely N-dealkylation sites (tertiary alicyclic amines) is 1. The third-order valence-electron chi connectivity index (χ3n) is 4.13. The standard InChI is InChI=1S/C17H29N3OS/c1-14(2)17-19-15(13-22-17)16(21)18-9-5-3-6-10-20-11-7-4-8-12-20/h13-14H,3-12H2,1-2H3,(H,18,21). The average Bonchev–Trinajstić information content (AvgIpc) is 3.02. The van der Waals surface area contributed by atoms with Crippen molar-refractivity contribution in [2.24, 2.45) is 0 Å². The fourth-order valence-electron chi connectivity index (χ4n) is 2.77. The van der Waals surface area contributed by atoms with E-state index in [4.69, 9.17) is 0 Å². The molecule has 2 heterocycles. The van der Waals surface area contributed by atoms with E-state index in [1.807, 2.05) is 5.38 Å². The lowest BCUT2D eigenvalue weighted by molar-refractivity contribution is 0.0948. The molecular weight excluding hydrogens is 294 g/mol. The lowest BCUT2D eigenvalue weighted by Gasteiger charge is -2.26. The Kier molecular flexibility index (Phi) is 7.33. The maximum Gasteiger partial charge on any atom is 0.270 e. The molecule has 1 aliphatic heterocycles. The number of nitrogens with zero attached hydrogens (tertiary/aromatic N) is 2. The second-order valence-corrected chi connectivity index (χ2v) is 7.33. The largest absolute Gasteiger partial charge is 0.351 e. The number of carbonyl (C=O) groups excluding carboxylic acids is 1. The topological polar surface area (TPSA) is 45.2 Å². The zero-order valence-electron chi connectivity index (χ0n) is 13.9. The third kappa shape index (κ3) is 5.69. The summed E-state index contributed by atoms with van der Waals surface area (Å²) in [5.74, 6) is 0.362. The van der Waals surface area contributed by atoms with Crippen molar-refractivity contribution < 1.29 is 4.79 Å². The molecule has 1 fully saturated rings. The highest BCUT2D eigenvalue weighted by Crippen LogP contribution is 2.19. The van der Waals surface area contributed by atoms with Crippen LogP contribution in [0.1, 0.15) is 73.8 Å². The Morgan fingerprint density at radius 2 is 2.05 bits per heavy atom. The zero-order valence-corrected chi connectivity index (χ0v) is 14.8. The van der Waals surface area contributed by atoms with Gasteiger partial charge in [0, 0.05) is 17.8 Å². The summed E-state index contributed by atoms with van der Waals surface area (Å²) in [7, 11) is 0. The van der Waals surface area contributed by atoms with E-state index in [1.54, 1.807) is 11.3 Å². The van der Waals surface area contributed by atoms with E-state index in [1.165, 1.54) is 51.7 Å². The first kappa shape index (κ1) is 17.4. The van der Waals surface area contributed by atoms with Crippen LogP contribution in [0.25, 0.3) is 0 Å². The van der Waals surface area contributed by atoms with E-state index in [2.05, 4.69) is 29.0 Å². The van der Waals surface area contributed by atoms with Crippen molar-refractivity contribution in [3.63, 3.8) is 0 Å². The van der Waals surface area contributed by atoms with Crippen LogP contribution in [0.2, 0.25) is 0 Å². The quantitative estimate of drug-likeness (QED) is 0.743. The van der Waals surface area contributed by atoms with Crippen molar-refractivity contribution in [3.8, 4) is 0 Å². The molecule has 2 rings (SSSR count). The third-order valence-corrected chi connectivity index (χ3v) is 5.28. The first-order valence-corrected chi connectivity index (χ1v) is 9.51. The van der Waals surface area contributed by atoms with Gasteiger partial charge in [0.1, 0.15) is 5.69 Å². The molecule has 0 spiro atoms. The van der Waals surface area contributed by atoms with Crippen LogP contribution in [0.4, 0.5) is 0 Å². The van der Waals surface area contributed by atoms with Gasteiger partial charge < -0.3 is 10.2 Å². The predicted octanol–water partition coefficient (Wildman–Crippen LogP) is 3.65. The van der Waals surface area contributed by atoms with Gasteiger partial charge in [-0.25, -0.2) is 4.98 Å². The average molecular weight is 324 g/mol. The number of thiazole rings is 1. The van der Waals surface area contributed by atoms with Crippen molar-refractivity contribution in [3.05, 3.63) is 16.1 Å². The molecule has 124 valence electrons. The highest BCUT2D eigenvalue weighted by molar-refractivity contribution is 7.09. The fraction of sp³-hybridized carbons (Fsp3) is 0.765. The van der Waals surface area contributed by atoms with Crippen LogP contribution in [0.3, 0.4) is 0 Å². The van der Waals surface area contributed by atoms with Crippen LogP contribution in [-0.4, -0.2) is 42.0 Å². The molecule has 1 saturated heterocycles. The summed E-state index contributed by atoms with van der Waals surface area (Å²) in [4.78, 5) is 18.9. The van der Waals surface area contributed by atoms with Gasteiger partial charge >= 0.3 is 0 Å². The molecule has 1 aromatic rings. The van der Waals surface area contributed by atoms with Crippen LogP contribution < -0.4 is 5.32 Å². The maximum atomic E-state index is 12.0. The number of hydrogen-bond donors (Lipinski definition) is 1. The van der Waals surface area contributed by atoms with Crippen molar-refractivity contribution in [1.29, 1.82) is 0 Å². The number of carbonyl (C=O) groups is 1. The Bertz CT molecular complexity index is 453. The minimum absolute atomic E-state index is 0.0285. The van der Waals surface area contributed by atoms with Crippen LogP contribution in [0.15, 0.2) is 5.38 Å². The lowest BCUT2D eigenvalue weighted by atomic mass is 10.1. The first-order chi connectivity index (χ1) is 10.7. The predicted molar refractivity (Wildman–Crippen MR) is 92.7 cm³/mol. The maximum absolute atomic E-state index is 12.0. The summed E-state index contributed by atoms with van der Waals surface area (Å²) >= 11 is 1.57. The summed E-state index contributed by atoms with van der Waals surface area (Å²) in [5.41, 5.74) is 0.571. The lowest BCUT2D eigenvalue weighted by Crippen LogP contribution is -2.30. The minimum Gasteiger partial charge on any atom is -0.351 e. The van der Waals surface area contributed by atoms with Crippen molar-refractivity contribution in [2.75, 3.05) is 26.2 Å². The van der Waals surface area contributed by atoms with Gasteiger partial charge in [-0.1, -0.05) is 26.7 Å². The second kappa shape index (κ2) is 9.26. The van der Waals surface area contributed by atoms with Crippen LogP contribution >= 0.6 is 11.3 Å². The Balaban J connectivity index is 1.54. The molecule has 0 unspecified atom stereocenters. The molecule has 22 heavy (non-hydrogen) atoms. The number of piperidine rings is 1. The van der Waals surface area contributed by atoms with E-state index in [9.17, 15) is 4.79 Å². The number of amides is 1. The zero-order chi connectivity index (χ0) is 15.8. The molecule has 1 aromatic heterocycles. The number of aromatic nitrogens is 1. The van der Waals surface area contributed by atoms with Gasteiger partial charge in [-0.2, -0.15) is 0 Å². The molecule has 0 aromatic carbocycles. The van der Waals surface area contributed by atoms with E-state index in [-0.39, 0.29) is 5.91 Å². The molecule has 1 aliphatic rings. The van der Waals surface area contributed by atoms with E-state index in [0.717, 1.165) is 18.0 Å². The molecule has 0 aliphatic carbocycles. The van der Waals surface area contributed by atoms with Gasteiger partial charge in [-0.15, -0.1) is 11.3 Å². The Morgan fingerprint density at radius 3 is 2.73 bits per heavy atom. The number of rotatable bonds is 8. The van der Waals surface area contributed by atoms with Crippen molar-refractivity contribution in [1.82, 2.24) is 15.2 Å². The summed E-state index contributed by atoms with van der Waals surface area (Å²) < 4.78 is 0. The van der Waals surface area contributed by atoms with Gasteiger partial charge in [-0.3, -0.25) is 4.79 Å². The van der Waals surface area contributed by atoms with Gasteiger partial charge in [0.25, 0.3) is 5.91 Å². The SMILES string of the molecule is CC(C)c1nc(C(=O)NCCCCCN2CCCCC2)cs1. The highest BCUT2D eigenvalue weighted by Gasteiger charge is 2.12. The van der Waals surface area contributed by atoms with Crippen LogP contribution in [0.5, 0.6) is 0 Å². The normalized spacial score (nSPS) is 16.1. The summed E-state index contributed by atoms with van der Waals surface area (Å²) in [5, 5.41) is 5.88. The molecule has 1 N–H and O–H groups in total. The molecule has 4 nitrogen and oxygen atoms in total. The van der Waals surface area contributed by atoms with Gasteiger partial charge in [0.2, 0.25) is 0 Å². The Labute approximate surface area is 138 Å². The van der Waals surface area contributed by atoms with E-state index in [0.29, 0.717) is 11.6 Å². The van der Waals surface area contributed by atoms with Crippen molar-refractivity contribution >= 4 is 17.2 Å². The monoisotopic (exact) mass is 323 g/mol. The molecule has 0 atom stereocenters. The number of nitrogens with one attached hydrogen (secondary N) is 1. The molecule has 5 heteroatoms. The highest BCUT2D eigenvalue weighted by atomic mass is 32.1. The number of hydrogen-bond acceptors (Lipinski definition) is 4. The molecule has 0 bridgehead atoms. The summed E-state index contributed by atoms with van der Waals surface area (Å²) in [6.45, 7) is 8.73. The minimum atomic E-state index is -0.0285. The van der Waals surface area contributed by atoms with Gasteiger partial charge in [0.15, 0.2) is 0 Å². The van der Waals surface area contributed by atoms with Gasteiger partial charge in [-0.05, 0) is 45.3 Å². The molecule has 1 amide bonds. The molecule has 0 saturated carbocycles. The Hall–Kier alpha value is -0.940. The molecular formula is C17H29N3OS. The summed E-state index contributed by atoms with van der Waals surface area (Å²) in [6.07, 6.45) is 7.61. The van der Waals surface area contributed by atoms with Gasteiger partial charge in [0.05, 0.1) is 5.01 Å². The van der Waals surface area contributed by atoms with Crippen LogP contribution in [0, 0.1) is 0 Å².